The number of amides is 1. The summed E-state index contributed by atoms with van der Waals surface area (Å²) in [5, 5.41) is 10.4. The van der Waals surface area contributed by atoms with E-state index in [-0.39, 0.29) is 6.61 Å². The molecule has 5 heteroatoms. The molecule has 0 aliphatic carbocycles. The lowest BCUT2D eigenvalue weighted by molar-refractivity contribution is -0.142. The van der Waals surface area contributed by atoms with Gasteiger partial charge in [-0.1, -0.05) is 0 Å². The van der Waals surface area contributed by atoms with Crippen LogP contribution in [0.4, 0.5) is 0 Å². The van der Waals surface area contributed by atoms with Gasteiger partial charge in [0, 0.05) is 7.11 Å². The largest absolute Gasteiger partial charge is 0.480 e. The molecule has 2 N–H and O–H groups in total. The van der Waals surface area contributed by atoms with E-state index >= 15 is 0 Å². The number of hydrogen-bond donors (Lipinski definition) is 2. The van der Waals surface area contributed by atoms with Gasteiger partial charge in [0.1, 0.15) is 6.04 Å². The van der Waals surface area contributed by atoms with Crippen LogP contribution in [-0.2, 0) is 14.3 Å². The summed E-state index contributed by atoms with van der Waals surface area (Å²) in [5.74, 6) is -1.10. The number of ether oxygens (including phenoxy) is 1. The molecule has 0 rings (SSSR count). The van der Waals surface area contributed by atoms with Crippen LogP contribution < -0.4 is 5.32 Å². The molecule has 1 atom stereocenters. The van der Waals surface area contributed by atoms with E-state index in [2.05, 4.69) is 10.1 Å². The molecule has 1 unspecified atom stereocenters. The number of carboxylic acids is 1. The maximum Gasteiger partial charge on any atom is 0.328 e. The lowest BCUT2D eigenvalue weighted by atomic mass is 10.3. The topological polar surface area (TPSA) is 75.6 Å². The first-order valence-electron chi connectivity index (χ1n) is 2.63. The number of aliphatic carboxylic acids is 1. The molecule has 10 heavy (non-hydrogen) atoms. The Hall–Kier alpha value is -1.10. The molecule has 0 saturated heterocycles. The SMILES string of the molecule is COCC(NC=O)C(=O)O. The van der Waals surface area contributed by atoms with Gasteiger partial charge in [-0.25, -0.2) is 4.79 Å². The van der Waals surface area contributed by atoms with Crippen molar-refractivity contribution in [1.82, 2.24) is 5.32 Å². The zero-order valence-corrected chi connectivity index (χ0v) is 5.53. The molecule has 0 aromatic carbocycles. The number of methoxy groups -OCH3 is 1. The molecular weight excluding hydrogens is 138 g/mol. The highest BCUT2D eigenvalue weighted by atomic mass is 16.5. The number of nitrogens with one attached hydrogen (secondary N) is 1. The van der Waals surface area contributed by atoms with E-state index in [0.717, 1.165) is 0 Å². The molecule has 0 aromatic rings. The zero-order valence-electron chi connectivity index (χ0n) is 5.53. The Morgan fingerprint density at radius 3 is 2.80 bits per heavy atom. The van der Waals surface area contributed by atoms with Crippen LogP contribution in [0.3, 0.4) is 0 Å². The molecule has 0 radical (unpaired) electrons. The minimum atomic E-state index is -1.10. The Morgan fingerprint density at radius 1 is 1.90 bits per heavy atom. The predicted octanol–water partition coefficient (Wildman–Crippen LogP) is -1.17. The fourth-order valence-corrected chi connectivity index (χ4v) is 0.439. The van der Waals surface area contributed by atoms with Crippen LogP contribution in [0.2, 0.25) is 0 Å². The van der Waals surface area contributed by atoms with Gasteiger partial charge in [-0.05, 0) is 0 Å². The molecule has 0 aromatic heterocycles. The minimum absolute atomic E-state index is 0.0198. The molecular formula is C5H9NO4. The Balaban J connectivity index is 3.71. The van der Waals surface area contributed by atoms with E-state index in [1.807, 2.05) is 0 Å². The van der Waals surface area contributed by atoms with Crippen LogP contribution in [0.1, 0.15) is 0 Å². The molecule has 58 valence electrons. The monoisotopic (exact) mass is 147 g/mol. The maximum absolute atomic E-state index is 10.2. The van der Waals surface area contributed by atoms with Gasteiger partial charge in [0.25, 0.3) is 0 Å². The zero-order chi connectivity index (χ0) is 7.98. The predicted molar refractivity (Wildman–Crippen MR) is 32.5 cm³/mol. The molecule has 0 fully saturated rings. The summed E-state index contributed by atoms with van der Waals surface area (Å²) in [4.78, 5) is 19.9. The molecule has 5 nitrogen and oxygen atoms in total. The van der Waals surface area contributed by atoms with Crippen molar-refractivity contribution in [2.75, 3.05) is 13.7 Å². The number of carboxylic acid groups (broad SMARTS) is 1. The van der Waals surface area contributed by atoms with Crippen LogP contribution in [0.25, 0.3) is 0 Å². The van der Waals surface area contributed by atoms with E-state index in [0.29, 0.717) is 6.41 Å². The summed E-state index contributed by atoms with van der Waals surface area (Å²) in [7, 11) is 1.36. The first kappa shape index (κ1) is 8.90. The van der Waals surface area contributed by atoms with Crippen LogP contribution in [0, 0.1) is 0 Å². The van der Waals surface area contributed by atoms with Crippen molar-refractivity contribution in [1.29, 1.82) is 0 Å². The third-order valence-corrected chi connectivity index (χ3v) is 0.901. The van der Waals surface area contributed by atoms with E-state index in [9.17, 15) is 9.59 Å². The van der Waals surface area contributed by atoms with Gasteiger partial charge in [0.15, 0.2) is 0 Å². The number of rotatable bonds is 5. The summed E-state index contributed by atoms with van der Waals surface area (Å²) < 4.78 is 4.52. The van der Waals surface area contributed by atoms with Gasteiger partial charge in [-0.2, -0.15) is 0 Å². The van der Waals surface area contributed by atoms with E-state index in [1.165, 1.54) is 7.11 Å². The average molecular weight is 147 g/mol. The second kappa shape index (κ2) is 4.75. The highest BCUT2D eigenvalue weighted by Gasteiger charge is 2.14. The smallest absolute Gasteiger partial charge is 0.328 e. The quantitative estimate of drug-likeness (QED) is 0.480. The Morgan fingerprint density at radius 2 is 2.50 bits per heavy atom. The van der Waals surface area contributed by atoms with Gasteiger partial charge in [-0.3, -0.25) is 4.79 Å². The van der Waals surface area contributed by atoms with Crippen molar-refractivity contribution in [3.63, 3.8) is 0 Å². The first-order chi connectivity index (χ1) is 4.72. The lowest BCUT2D eigenvalue weighted by Gasteiger charge is -2.07. The molecule has 0 saturated carbocycles. The number of carbonyl (C=O) groups excluding carboxylic acids is 1. The molecule has 0 aliphatic heterocycles. The number of hydrogen-bond acceptors (Lipinski definition) is 3. The molecule has 0 spiro atoms. The van der Waals surface area contributed by atoms with Gasteiger partial charge in [0.05, 0.1) is 6.61 Å². The second-order valence-corrected chi connectivity index (χ2v) is 1.63. The van der Waals surface area contributed by atoms with Gasteiger partial charge in [0.2, 0.25) is 6.41 Å². The third-order valence-electron chi connectivity index (χ3n) is 0.901. The maximum atomic E-state index is 10.2. The second-order valence-electron chi connectivity index (χ2n) is 1.63. The van der Waals surface area contributed by atoms with Gasteiger partial charge in [-0.15, -0.1) is 0 Å². The fraction of sp³-hybridized carbons (Fsp3) is 0.600. The van der Waals surface area contributed by atoms with Gasteiger partial charge >= 0.3 is 5.97 Å². The third kappa shape index (κ3) is 3.03. The number of carbonyl (C=O) groups is 2. The van der Waals surface area contributed by atoms with Crippen molar-refractivity contribution in [3.8, 4) is 0 Å². The molecule has 0 heterocycles. The van der Waals surface area contributed by atoms with Crippen LogP contribution in [0.15, 0.2) is 0 Å². The fourth-order valence-electron chi connectivity index (χ4n) is 0.439. The molecule has 1 amide bonds. The minimum Gasteiger partial charge on any atom is -0.480 e. The van der Waals surface area contributed by atoms with Gasteiger partial charge < -0.3 is 15.2 Å². The first-order valence-corrected chi connectivity index (χ1v) is 2.63. The standard InChI is InChI=1S/C5H9NO4/c1-10-2-4(5(8)9)6-3-7/h3-4H,2H2,1H3,(H,6,7)(H,8,9). The highest BCUT2D eigenvalue weighted by molar-refractivity contribution is 5.76. The lowest BCUT2D eigenvalue weighted by Crippen LogP contribution is -2.39. The Labute approximate surface area is 58.0 Å². The van der Waals surface area contributed by atoms with E-state index < -0.39 is 12.0 Å². The van der Waals surface area contributed by atoms with E-state index in [1.54, 1.807) is 0 Å². The van der Waals surface area contributed by atoms with Crippen molar-refractivity contribution in [2.45, 2.75) is 6.04 Å². The summed E-state index contributed by atoms with van der Waals surface area (Å²) >= 11 is 0. The molecule has 0 bridgehead atoms. The summed E-state index contributed by atoms with van der Waals surface area (Å²) in [6.45, 7) is -0.0198. The normalized spacial score (nSPS) is 12.1. The summed E-state index contributed by atoms with van der Waals surface area (Å²) in [5.41, 5.74) is 0. The summed E-state index contributed by atoms with van der Waals surface area (Å²) in [6, 6.07) is -0.942. The Kier molecular flexibility index (Phi) is 4.23. The van der Waals surface area contributed by atoms with Crippen LogP contribution in [-0.4, -0.2) is 37.2 Å². The van der Waals surface area contributed by atoms with Crippen LogP contribution in [0.5, 0.6) is 0 Å². The highest BCUT2D eigenvalue weighted by Crippen LogP contribution is 1.82. The average Bonchev–Trinajstić information content (AvgIpc) is 1.87. The van der Waals surface area contributed by atoms with Crippen molar-refractivity contribution >= 4 is 12.4 Å². The van der Waals surface area contributed by atoms with Crippen molar-refractivity contribution < 1.29 is 19.4 Å². The van der Waals surface area contributed by atoms with Crippen molar-refractivity contribution in [2.24, 2.45) is 0 Å². The van der Waals surface area contributed by atoms with Crippen LogP contribution >= 0.6 is 0 Å². The Bertz CT molecular complexity index is 125. The molecule has 0 aliphatic rings. The van der Waals surface area contributed by atoms with Crippen molar-refractivity contribution in [3.05, 3.63) is 0 Å². The van der Waals surface area contributed by atoms with E-state index in [4.69, 9.17) is 5.11 Å². The summed E-state index contributed by atoms with van der Waals surface area (Å²) in [6.07, 6.45) is 0.331.